The second-order valence-corrected chi connectivity index (χ2v) is 1.91. The maximum absolute atomic E-state index is 10.4. The summed E-state index contributed by atoms with van der Waals surface area (Å²) in [4.78, 5) is 34.1. The minimum absolute atomic E-state index is 0.0838. The number of rotatable bonds is 2. The molecule has 0 fully saturated rings. The Morgan fingerprint density at radius 3 is 2.50 bits per heavy atom. The third-order valence-electron chi connectivity index (χ3n) is 1.18. The van der Waals surface area contributed by atoms with Crippen molar-refractivity contribution in [1.82, 2.24) is 9.55 Å². The minimum atomic E-state index is -1.35. The zero-order valence-corrected chi connectivity index (χ0v) is 5.80. The quantitative estimate of drug-likeness (QED) is 0.629. The van der Waals surface area contributed by atoms with Crippen LogP contribution in [0.2, 0.25) is 0 Å². The molecule has 0 saturated heterocycles. The summed E-state index contributed by atoms with van der Waals surface area (Å²) in [5.74, 6) is -0.301. The molecule has 12 heavy (non-hydrogen) atoms. The number of nitrogens with zero attached hydrogens (tertiary/aromatic N) is 2. The monoisotopic (exact) mass is 168 g/mol. The van der Waals surface area contributed by atoms with Gasteiger partial charge in [0.15, 0.2) is 18.4 Å². The van der Waals surface area contributed by atoms with Gasteiger partial charge in [0, 0.05) is 6.20 Å². The molecule has 1 N–H and O–H groups in total. The highest BCUT2D eigenvalue weighted by molar-refractivity contribution is 5.82. The zero-order chi connectivity index (χ0) is 9.14. The summed E-state index contributed by atoms with van der Waals surface area (Å²) in [7, 11) is 0. The molecule has 0 spiro atoms. The number of hydrogen-bond acceptors (Lipinski definition) is 4. The van der Waals surface area contributed by atoms with Gasteiger partial charge in [-0.2, -0.15) is 0 Å². The molecule has 0 aliphatic heterocycles. The highest BCUT2D eigenvalue weighted by Gasteiger charge is 2.10. The van der Waals surface area contributed by atoms with E-state index < -0.39 is 6.09 Å². The van der Waals surface area contributed by atoms with Crippen LogP contribution in [-0.4, -0.2) is 33.3 Å². The molecule has 0 atom stereocenters. The highest BCUT2D eigenvalue weighted by Crippen LogP contribution is 1.98. The lowest BCUT2D eigenvalue weighted by molar-refractivity contribution is 0.110. The SMILES string of the molecule is O=Cc1cn(C(=O)O)c(C=O)n1. The lowest BCUT2D eigenvalue weighted by atomic mass is 10.5. The van der Waals surface area contributed by atoms with Gasteiger partial charge < -0.3 is 5.11 Å². The van der Waals surface area contributed by atoms with Crippen molar-refractivity contribution in [2.45, 2.75) is 0 Å². The van der Waals surface area contributed by atoms with Crippen molar-refractivity contribution >= 4 is 18.7 Å². The molecule has 0 aliphatic rings. The minimum Gasteiger partial charge on any atom is -0.464 e. The summed E-state index contributed by atoms with van der Waals surface area (Å²) < 4.78 is 0.580. The Morgan fingerprint density at radius 1 is 1.50 bits per heavy atom. The van der Waals surface area contributed by atoms with E-state index >= 15 is 0 Å². The fourth-order valence-electron chi connectivity index (χ4n) is 0.707. The van der Waals surface area contributed by atoms with Crippen molar-refractivity contribution in [3.63, 3.8) is 0 Å². The van der Waals surface area contributed by atoms with Crippen LogP contribution in [0.4, 0.5) is 4.79 Å². The topological polar surface area (TPSA) is 89.3 Å². The van der Waals surface area contributed by atoms with Crippen LogP contribution >= 0.6 is 0 Å². The fourth-order valence-corrected chi connectivity index (χ4v) is 0.707. The predicted molar refractivity (Wildman–Crippen MR) is 36.4 cm³/mol. The molecular weight excluding hydrogens is 164 g/mol. The molecule has 1 aromatic rings. The van der Waals surface area contributed by atoms with Crippen molar-refractivity contribution in [3.8, 4) is 0 Å². The Hall–Kier alpha value is -1.98. The van der Waals surface area contributed by atoms with E-state index in [2.05, 4.69) is 4.98 Å². The van der Waals surface area contributed by atoms with E-state index in [0.717, 1.165) is 6.20 Å². The first-order valence-corrected chi connectivity index (χ1v) is 2.92. The van der Waals surface area contributed by atoms with Gasteiger partial charge in [-0.3, -0.25) is 9.59 Å². The summed E-state index contributed by atoms with van der Waals surface area (Å²) in [6.45, 7) is 0. The van der Waals surface area contributed by atoms with Crippen LogP contribution in [0, 0.1) is 0 Å². The van der Waals surface area contributed by atoms with Crippen LogP contribution in [0.3, 0.4) is 0 Å². The van der Waals surface area contributed by atoms with Crippen molar-refractivity contribution in [3.05, 3.63) is 17.7 Å². The summed E-state index contributed by atoms with van der Waals surface area (Å²) in [6, 6.07) is 0. The second kappa shape index (κ2) is 2.95. The molecule has 6 heteroatoms. The molecule has 0 saturated carbocycles. The van der Waals surface area contributed by atoms with Gasteiger partial charge in [-0.05, 0) is 0 Å². The van der Waals surface area contributed by atoms with Gasteiger partial charge in [0.2, 0.25) is 0 Å². The molecule has 0 unspecified atom stereocenters. The summed E-state index contributed by atoms with van der Waals surface area (Å²) in [5, 5.41) is 8.45. The Labute approximate surface area is 66.4 Å². The molecule has 0 bridgehead atoms. The van der Waals surface area contributed by atoms with E-state index in [-0.39, 0.29) is 17.8 Å². The van der Waals surface area contributed by atoms with Gasteiger partial charge in [0.1, 0.15) is 5.69 Å². The summed E-state index contributed by atoms with van der Waals surface area (Å²) in [6.07, 6.45) is 0.254. The Morgan fingerprint density at radius 2 is 2.17 bits per heavy atom. The first-order chi connectivity index (χ1) is 5.69. The van der Waals surface area contributed by atoms with Gasteiger partial charge in [-0.15, -0.1) is 0 Å². The smallest absolute Gasteiger partial charge is 0.417 e. The second-order valence-electron chi connectivity index (χ2n) is 1.91. The summed E-state index contributed by atoms with van der Waals surface area (Å²) >= 11 is 0. The first kappa shape index (κ1) is 8.12. The van der Waals surface area contributed by atoms with E-state index in [1.54, 1.807) is 0 Å². The number of carbonyl (C=O) groups excluding carboxylic acids is 2. The third kappa shape index (κ3) is 1.22. The molecule has 1 rings (SSSR count). The number of hydrogen-bond donors (Lipinski definition) is 1. The van der Waals surface area contributed by atoms with Gasteiger partial charge in [0.05, 0.1) is 0 Å². The van der Waals surface area contributed by atoms with Crippen molar-refractivity contribution in [2.24, 2.45) is 0 Å². The molecule has 0 aliphatic carbocycles. The largest absolute Gasteiger partial charge is 0.464 e. The van der Waals surface area contributed by atoms with Gasteiger partial charge in [-0.1, -0.05) is 0 Å². The average molecular weight is 168 g/mol. The highest BCUT2D eigenvalue weighted by atomic mass is 16.4. The van der Waals surface area contributed by atoms with Crippen LogP contribution in [-0.2, 0) is 0 Å². The van der Waals surface area contributed by atoms with E-state index in [9.17, 15) is 14.4 Å². The van der Waals surface area contributed by atoms with Gasteiger partial charge in [-0.25, -0.2) is 14.3 Å². The van der Waals surface area contributed by atoms with Gasteiger partial charge in [0.25, 0.3) is 0 Å². The Balaban J connectivity index is 3.25. The molecule has 1 aromatic heterocycles. The standard InChI is InChI=1S/C6H4N2O4/c9-2-4-1-8(6(11)12)5(3-10)7-4/h1-3H,(H,11,12). The van der Waals surface area contributed by atoms with Crippen molar-refractivity contribution in [2.75, 3.05) is 0 Å². The predicted octanol–water partition coefficient (Wildman–Crippen LogP) is 0.0342. The lowest BCUT2D eigenvalue weighted by Gasteiger charge is -1.91. The normalized spacial score (nSPS) is 9.33. The third-order valence-corrected chi connectivity index (χ3v) is 1.18. The van der Waals surface area contributed by atoms with Crippen LogP contribution in [0.25, 0.3) is 0 Å². The Bertz CT molecular complexity index is 341. The molecular formula is C6H4N2O4. The number of aldehydes is 2. The van der Waals surface area contributed by atoms with Crippen molar-refractivity contribution in [1.29, 1.82) is 0 Å². The molecule has 0 aromatic carbocycles. The lowest BCUT2D eigenvalue weighted by Crippen LogP contribution is -2.10. The first-order valence-electron chi connectivity index (χ1n) is 2.92. The fraction of sp³-hybridized carbons (Fsp3) is 0. The summed E-state index contributed by atoms with van der Waals surface area (Å²) in [5.41, 5.74) is -0.0838. The van der Waals surface area contributed by atoms with Crippen LogP contribution < -0.4 is 0 Å². The number of carboxylic acid groups (broad SMARTS) is 1. The van der Waals surface area contributed by atoms with E-state index in [1.165, 1.54) is 0 Å². The molecule has 6 nitrogen and oxygen atoms in total. The Kier molecular flexibility index (Phi) is 2.00. The van der Waals surface area contributed by atoms with Crippen LogP contribution in [0.5, 0.6) is 0 Å². The van der Waals surface area contributed by atoms with E-state index in [0.29, 0.717) is 10.9 Å². The van der Waals surface area contributed by atoms with E-state index in [1.807, 2.05) is 0 Å². The maximum atomic E-state index is 10.4. The molecule has 0 amide bonds. The maximum Gasteiger partial charge on any atom is 0.417 e. The van der Waals surface area contributed by atoms with Gasteiger partial charge >= 0.3 is 6.09 Å². The van der Waals surface area contributed by atoms with E-state index in [4.69, 9.17) is 5.11 Å². The average Bonchev–Trinajstić information content (AvgIpc) is 2.47. The molecule has 0 radical (unpaired) electrons. The van der Waals surface area contributed by atoms with Crippen LogP contribution in [0.15, 0.2) is 6.20 Å². The number of imidazole rings is 1. The van der Waals surface area contributed by atoms with Crippen molar-refractivity contribution < 1.29 is 19.5 Å². The zero-order valence-electron chi connectivity index (χ0n) is 5.80. The molecule has 62 valence electrons. The number of carbonyl (C=O) groups is 3. The number of aromatic nitrogens is 2. The molecule has 1 heterocycles. The van der Waals surface area contributed by atoms with Crippen LogP contribution in [0.1, 0.15) is 21.1 Å².